The van der Waals surface area contributed by atoms with Gasteiger partial charge in [0.2, 0.25) is 0 Å². The molecule has 2 aromatic heterocycles. The molecule has 0 aliphatic heterocycles. The monoisotopic (exact) mass is 244 g/mol. The molecule has 1 unspecified atom stereocenters. The summed E-state index contributed by atoms with van der Waals surface area (Å²) in [5.41, 5.74) is -0.909. The van der Waals surface area contributed by atoms with Crippen molar-refractivity contribution in [2.75, 3.05) is 0 Å². The van der Waals surface area contributed by atoms with E-state index in [0.717, 1.165) is 0 Å². The molecule has 2 rings (SSSR count). The summed E-state index contributed by atoms with van der Waals surface area (Å²) >= 11 is 0. The molecular formula is C13H12N2O3. The van der Waals surface area contributed by atoms with Crippen molar-refractivity contribution in [3.05, 3.63) is 64.8 Å². The van der Waals surface area contributed by atoms with Gasteiger partial charge in [-0.3, -0.25) is 9.78 Å². The van der Waals surface area contributed by atoms with Gasteiger partial charge >= 0.3 is 5.97 Å². The number of aliphatic carboxylic acids is 1. The molecule has 0 bridgehead atoms. The predicted octanol–water partition coefficient (Wildman–Crippen LogP) is 1.09. The molecule has 92 valence electrons. The van der Waals surface area contributed by atoms with Gasteiger partial charge in [0.25, 0.3) is 0 Å². The van der Waals surface area contributed by atoms with Crippen molar-refractivity contribution >= 4 is 5.97 Å². The molecule has 0 saturated carbocycles. The molecule has 0 amide bonds. The number of carboxylic acids is 1. The van der Waals surface area contributed by atoms with E-state index in [2.05, 4.69) is 4.98 Å². The standard InChI is InChI=1S/C13H12N2O3/c1-13(12(17)18,10-3-2-6-14-9-10)15-7-4-11(16)5-8-15/h2-9H,1H3,(H,17,18). The van der Waals surface area contributed by atoms with Crippen molar-refractivity contribution in [3.63, 3.8) is 0 Å². The van der Waals surface area contributed by atoms with E-state index in [1.807, 2.05) is 0 Å². The predicted molar refractivity (Wildman–Crippen MR) is 65.3 cm³/mol. The third kappa shape index (κ3) is 1.90. The van der Waals surface area contributed by atoms with E-state index in [0.29, 0.717) is 5.56 Å². The van der Waals surface area contributed by atoms with Crippen LogP contribution in [0.1, 0.15) is 12.5 Å². The molecule has 0 saturated heterocycles. The molecule has 0 aliphatic rings. The van der Waals surface area contributed by atoms with Crippen LogP contribution in [0.2, 0.25) is 0 Å². The van der Waals surface area contributed by atoms with Crippen molar-refractivity contribution in [1.82, 2.24) is 9.55 Å². The first-order chi connectivity index (χ1) is 8.55. The largest absolute Gasteiger partial charge is 0.479 e. The second-order valence-electron chi connectivity index (χ2n) is 4.06. The highest BCUT2D eigenvalue weighted by Crippen LogP contribution is 2.25. The van der Waals surface area contributed by atoms with Crippen molar-refractivity contribution < 1.29 is 9.90 Å². The summed E-state index contributed by atoms with van der Waals surface area (Å²) in [6.45, 7) is 1.57. The van der Waals surface area contributed by atoms with Crippen molar-refractivity contribution in [2.45, 2.75) is 12.5 Å². The molecule has 0 aromatic carbocycles. The van der Waals surface area contributed by atoms with E-state index in [1.54, 1.807) is 25.3 Å². The molecule has 5 heteroatoms. The van der Waals surface area contributed by atoms with Gasteiger partial charge in [0.05, 0.1) is 0 Å². The van der Waals surface area contributed by atoms with Crippen LogP contribution in [0.25, 0.3) is 0 Å². The van der Waals surface area contributed by atoms with Crippen LogP contribution in [0.3, 0.4) is 0 Å². The topological polar surface area (TPSA) is 72.2 Å². The fourth-order valence-electron chi connectivity index (χ4n) is 1.74. The lowest BCUT2D eigenvalue weighted by Gasteiger charge is -2.28. The Morgan fingerprint density at radius 1 is 1.33 bits per heavy atom. The molecule has 2 aromatic rings. The van der Waals surface area contributed by atoms with E-state index in [1.165, 1.54) is 35.3 Å². The van der Waals surface area contributed by atoms with Crippen molar-refractivity contribution in [3.8, 4) is 0 Å². The number of carbonyl (C=O) groups is 1. The van der Waals surface area contributed by atoms with Gasteiger partial charge < -0.3 is 9.67 Å². The van der Waals surface area contributed by atoms with Crippen molar-refractivity contribution in [2.24, 2.45) is 0 Å². The maximum Gasteiger partial charge on any atom is 0.334 e. The molecule has 2 heterocycles. The average molecular weight is 244 g/mol. The fraction of sp³-hybridized carbons (Fsp3) is 0.154. The van der Waals surface area contributed by atoms with Gasteiger partial charge in [-0.1, -0.05) is 6.07 Å². The summed E-state index contributed by atoms with van der Waals surface area (Å²) in [7, 11) is 0. The zero-order valence-corrected chi connectivity index (χ0v) is 9.78. The molecule has 5 nitrogen and oxygen atoms in total. The lowest BCUT2D eigenvalue weighted by Crippen LogP contribution is -2.40. The second-order valence-corrected chi connectivity index (χ2v) is 4.06. The second kappa shape index (κ2) is 4.44. The molecule has 0 radical (unpaired) electrons. The third-order valence-electron chi connectivity index (χ3n) is 2.96. The minimum absolute atomic E-state index is 0.162. The fourth-order valence-corrected chi connectivity index (χ4v) is 1.74. The van der Waals surface area contributed by atoms with E-state index in [9.17, 15) is 14.7 Å². The van der Waals surface area contributed by atoms with E-state index in [4.69, 9.17) is 0 Å². The van der Waals surface area contributed by atoms with E-state index < -0.39 is 11.5 Å². The number of hydrogen-bond acceptors (Lipinski definition) is 3. The lowest BCUT2D eigenvalue weighted by molar-refractivity contribution is -0.144. The first-order valence-electron chi connectivity index (χ1n) is 5.38. The van der Waals surface area contributed by atoms with Crippen LogP contribution in [-0.2, 0) is 10.3 Å². The number of nitrogens with zero attached hydrogens (tertiary/aromatic N) is 2. The minimum atomic E-state index is -1.29. The summed E-state index contributed by atoms with van der Waals surface area (Å²) in [5, 5.41) is 9.48. The molecule has 1 atom stereocenters. The van der Waals surface area contributed by atoms with Crippen LogP contribution in [-0.4, -0.2) is 20.6 Å². The van der Waals surface area contributed by atoms with Crippen molar-refractivity contribution in [1.29, 1.82) is 0 Å². The van der Waals surface area contributed by atoms with Crippen LogP contribution >= 0.6 is 0 Å². The Morgan fingerprint density at radius 2 is 2.00 bits per heavy atom. The average Bonchev–Trinajstić information content (AvgIpc) is 2.39. The number of pyridine rings is 2. The Hall–Kier alpha value is -2.43. The number of carboxylic acid groups (broad SMARTS) is 1. The third-order valence-corrected chi connectivity index (χ3v) is 2.96. The van der Waals surface area contributed by atoms with Crippen LogP contribution in [0.15, 0.2) is 53.8 Å². The maximum atomic E-state index is 11.6. The Kier molecular flexibility index (Phi) is 2.97. The summed E-state index contributed by atoms with van der Waals surface area (Å²) in [6.07, 6.45) is 6.01. The van der Waals surface area contributed by atoms with Gasteiger partial charge in [-0.25, -0.2) is 4.79 Å². The summed E-state index contributed by atoms with van der Waals surface area (Å²) < 4.78 is 1.48. The van der Waals surface area contributed by atoms with Gasteiger partial charge in [0.15, 0.2) is 11.0 Å². The van der Waals surface area contributed by atoms with Crippen LogP contribution in [0.5, 0.6) is 0 Å². The summed E-state index contributed by atoms with van der Waals surface area (Å²) in [5.74, 6) is -1.01. The van der Waals surface area contributed by atoms with Gasteiger partial charge in [-0.2, -0.15) is 0 Å². The Balaban J connectivity index is 2.62. The Bertz CT molecular complexity index is 601. The lowest BCUT2D eigenvalue weighted by atomic mass is 9.93. The highest BCUT2D eigenvalue weighted by Gasteiger charge is 2.36. The van der Waals surface area contributed by atoms with E-state index >= 15 is 0 Å². The highest BCUT2D eigenvalue weighted by atomic mass is 16.4. The first-order valence-corrected chi connectivity index (χ1v) is 5.38. The quantitative estimate of drug-likeness (QED) is 0.877. The number of aromatic nitrogens is 2. The van der Waals surface area contributed by atoms with Crippen LogP contribution < -0.4 is 5.43 Å². The van der Waals surface area contributed by atoms with Gasteiger partial charge in [-0.15, -0.1) is 0 Å². The molecule has 0 fully saturated rings. The zero-order valence-electron chi connectivity index (χ0n) is 9.78. The summed E-state index contributed by atoms with van der Waals surface area (Å²) in [4.78, 5) is 26.6. The normalized spacial score (nSPS) is 13.8. The molecular weight excluding hydrogens is 232 g/mol. The van der Waals surface area contributed by atoms with E-state index in [-0.39, 0.29) is 5.43 Å². The smallest absolute Gasteiger partial charge is 0.334 e. The number of rotatable bonds is 3. The van der Waals surface area contributed by atoms with Gasteiger partial charge in [-0.05, 0) is 13.0 Å². The zero-order chi connectivity index (χ0) is 13.2. The SMILES string of the molecule is CC(C(=O)O)(c1cccnc1)n1ccc(=O)cc1. The van der Waals surface area contributed by atoms with Gasteiger partial charge in [0, 0.05) is 42.5 Å². The van der Waals surface area contributed by atoms with Crippen LogP contribution in [0.4, 0.5) is 0 Å². The van der Waals surface area contributed by atoms with Gasteiger partial charge in [0.1, 0.15) is 0 Å². The molecule has 18 heavy (non-hydrogen) atoms. The maximum absolute atomic E-state index is 11.6. The summed E-state index contributed by atoms with van der Waals surface area (Å²) in [6, 6.07) is 6.04. The first kappa shape index (κ1) is 12.0. The Morgan fingerprint density at radius 3 is 2.50 bits per heavy atom. The van der Waals surface area contributed by atoms with Crippen LogP contribution in [0, 0.1) is 0 Å². The highest BCUT2D eigenvalue weighted by molar-refractivity contribution is 5.80. The molecule has 0 spiro atoms. The molecule has 1 N–H and O–H groups in total. The molecule has 0 aliphatic carbocycles. The number of hydrogen-bond donors (Lipinski definition) is 1. The Labute approximate surface area is 103 Å². The minimum Gasteiger partial charge on any atom is -0.479 e.